The molecule has 3 N–H and O–H groups in total. The molecule has 1 amide bonds. The highest BCUT2D eigenvalue weighted by Crippen LogP contribution is 2.38. The predicted molar refractivity (Wildman–Crippen MR) is 87.1 cm³/mol. The minimum absolute atomic E-state index is 0.00269. The van der Waals surface area contributed by atoms with Crippen molar-refractivity contribution >= 4 is 15.7 Å². The van der Waals surface area contributed by atoms with Gasteiger partial charge in [0.2, 0.25) is 14.7 Å². The number of hydrogen-bond donors (Lipinski definition) is 3. The zero-order valence-electron chi connectivity index (χ0n) is 13.8. The second kappa shape index (κ2) is 7.47. The van der Waals surface area contributed by atoms with E-state index in [4.69, 9.17) is 9.94 Å². The fraction of sp³-hybridized carbons (Fsp3) is 0.533. The number of hydrogen-bond acceptors (Lipinski definition) is 7. The molecule has 0 spiro atoms. The van der Waals surface area contributed by atoms with Crippen LogP contribution in [0.15, 0.2) is 29.2 Å². The molecule has 1 aromatic carbocycles. The summed E-state index contributed by atoms with van der Waals surface area (Å²) in [5, 5.41) is 10.6. The Morgan fingerprint density at radius 3 is 2.58 bits per heavy atom. The topological polar surface area (TPSA) is 108 Å². The smallest absolute Gasteiger partial charge is 0.281 e. The van der Waals surface area contributed by atoms with Crippen LogP contribution in [0.3, 0.4) is 0 Å². The average molecular weight is 357 g/mol. The molecule has 1 atom stereocenters. The van der Waals surface area contributed by atoms with Crippen LogP contribution in [0.2, 0.25) is 0 Å². The highest BCUT2D eigenvalue weighted by atomic mass is 32.2. The maximum Gasteiger partial charge on any atom is 0.281 e. The van der Waals surface area contributed by atoms with Crippen LogP contribution < -0.4 is 15.6 Å². The maximum atomic E-state index is 13.2. The minimum Gasteiger partial charge on any atom is -0.497 e. The zero-order valence-corrected chi connectivity index (χ0v) is 14.6. The van der Waals surface area contributed by atoms with E-state index in [1.807, 2.05) is 6.92 Å². The van der Waals surface area contributed by atoms with Gasteiger partial charge in [-0.15, -0.1) is 0 Å². The second-order valence-corrected chi connectivity index (χ2v) is 7.72. The van der Waals surface area contributed by atoms with Crippen molar-refractivity contribution in [2.24, 2.45) is 0 Å². The number of methoxy groups -OCH3 is 1. The minimum atomic E-state index is -4.08. The van der Waals surface area contributed by atoms with Crippen LogP contribution in [-0.2, 0) is 14.6 Å². The van der Waals surface area contributed by atoms with Crippen LogP contribution in [0.5, 0.6) is 5.75 Å². The summed E-state index contributed by atoms with van der Waals surface area (Å²) in [6.45, 7) is 2.86. The number of hydrazine groups is 1. The Hall–Kier alpha value is -1.68. The fourth-order valence-electron chi connectivity index (χ4n) is 2.92. The van der Waals surface area contributed by atoms with Crippen molar-refractivity contribution in [2.75, 3.05) is 20.2 Å². The first-order chi connectivity index (χ1) is 11.4. The molecular weight excluding hydrogens is 334 g/mol. The standard InChI is InChI=1S/C15H23N3O5S/c1-3-10-16-18-11-4-9-15(18,14(19)17-20)24(21,22)13-7-5-12(23-2)6-8-13/h5-8,16,20H,3-4,9-11H2,1-2H3,(H,17,19). The summed E-state index contributed by atoms with van der Waals surface area (Å²) < 4.78 is 31.5. The number of amides is 1. The van der Waals surface area contributed by atoms with Crippen LogP contribution in [0, 0.1) is 0 Å². The van der Waals surface area contributed by atoms with Crippen molar-refractivity contribution in [3.8, 4) is 5.75 Å². The number of carbonyl (C=O) groups excluding carboxylic acids is 1. The molecule has 1 unspecified atom stereocenters. The summed E-state index contributed by atoms with van der Waals surface area (Å²) in [6, 6.07) is 5.85. The molecule has 1 aromatic rings. The first-order valence-electron chi connectivity index (χ1n) is 7.78. The number of carbonyl (C=O) groups is 1. The van der Waals surface area contributed by atoms with E-state index in [0.29, 0.717) is 25.3 Å². The Morgan fingerprint density at radius 1 is 1.38 bits per heavy atom. The van der Waals surface area contributed by atoms with Gasteiger partial charge in [-0.1, -0.05) is 6.92 Å². The van der Waals surface area contributed by atoms with Gasteiger partial charge in [0.15, 0.2) is 0 Å². The fourth-order valence-corrected chi connectivity index (χ4v) is 4.95. The molecule has 1 aliphatic rings. The average Bonchev–Trinajstić information content (AvgIpc) is 3.04. The lowest BCUT2D eigenvalue weighted by Crippen LogP contribution is -2.63. The van der Waals surface area contributed by atoms with Gasteiger partial charge in [0.25, 0.3) is 5.91 Å². The number of benzene rings is 1. The highest BCUT2D eigenvalue weighted by Gasteiger charge is 2.58. The van der Waals surface area contributed by atoms with Crippen LogP contribution in [-0.4, -0.2) is 49.6 Å². The third-order valence-corrected chi connectivity index (χ3v) is 6.55. The van der Waals surface area contributed by atoms with Gasteiger partial charge in [-0.25, -0.2) is 18.9 Å². The number of sulfone groups is 1. The number of ether oxygens (including phenoxy) is 1. The van der Waals surface area contributed by atoms with E-state index < -0.39 is 20.6 Å². The summed E-state index contributed by atoms with van der Waals surface area (Å²) in [5.41, 5.74) is 4.52. The van der Waals surface area contributed by atoms with Gasteiger partial charge in [-0.2, -0.15) is 0 Å². The molecule has 0 aliphatic carbocycles. The molecule has 0 aromatic heterocycles. The maximum absolute atomic E-state index is 13.2. The zero-order chi connectivity index (χ0) is 17.8. The van der Waals surface area contributed by atoms with Crippen molar-refractivity contribution in [1.29, 1.82) is 0 Å². The summed E-state index contributed by atoms with van der Waals surface area (Å²) in [7, 11) is -2.60. The third-order valence-electron chi connectivity index (χ3n) is 4.16. The van der Waals surface area contributed by atoms with Crippen molar-refractivity contribution in [2.45, 2.75) is 36.0 Å². The molecule has 1 fully saturated rings. The molecule has 0 radical (unpaired) electrons. The number of rotatable bonds is 7. The lowest BCUT2D eigenvalue weighted by atomic mass is 10.2. The van der Waals surface area contributed by atoms with Gasteiger partial charge in [-0.3, -0.25) is 15.4 Å². The number of nitrogens with zero attached hydrogens (tertiary/aromatic N) is 1. The van der Waals surface area contributed by atoms with E-state index >= 15 is 0 Å². The van der Waals surface area contributed by atoms with Gasteiger partial charge in [0.1, 0.15) is 5.75 Å². The normalized spacial score (nSPS) is 21.6. The van der Waals surface area contributed by atoms with Crippen LogP contribution in [0.4, 0.5) is 0 Å². The molecule has 2 rings (SSSR count). The number of nitrogens with one attached hydrogen (secondary N) is 2. The van der Waals surface area contributed by atoms with E-state index in [2.05, 4.69) is 5.43 Å². The highest BCUT2D eigenvalue weighted by molar-refractivity contribution is 7.93. The summed E-state index contributed by atoms with van der Waals surface area (Å²) in [6.07, 6.45) is 1.37. The summed E-state index contributed by atoms with van der Waals surface area (Å²) in [5.74, 6) is -0.443. The SMILES string of the molecule is CCCNN1CCCC1(C(=O)NO)S(=O)(=O)c1ccc(OC)cc1. The Balaban J connectivity index is 2.51. The Morgan fingerprint density at radius 2 is 2.04 bits per heavy atom. The van der Waals surface area contributed by atoms with E-state index in [-0.39, 0.29) is 11.3 Å². The Labute approximate surface area is 141 Å². The van der Waals surface area contributed by atoms with Crippen molar-refractivity contribution in [3.63, 3.8) is 0 Å². The van der Waals surface area contributed by atoms with Crippen molar-refractivity contribution < 1.29 is 23.2 Å². The van der Waals surface area contributed by atoms with Crippen LogP contribution in [0.1, 0.15) is 26.2 Å². The molecule has 1 aliphatic heterocycles. The molecule has 0 saturated carbocycles. The third kappa shape index (κ3) is 3.00. The monoisotopic (exact) mass is 357 g/mol. The predicted octanol–water partition coefficient (Wildman–Crippen LogP) is 0.681. The molecule has 24 heavy (non-hydrogen) atoms. The van der Waals surface area contributed by atoms with E-state index in [1.165, 1.54) is 41.9 Å². The van der Waals surface area contributed by atoms with Gasteiger partial charge >= 0.3 is 0 Å². The molecule has 1 saturated heterocycles. The van der Waals surface area contributed by atoms with E-state index in [1.54, 1.807) is 0 Å². The van der Waals surface area contributed by atoms with Crippen LogP contribution >= 0.6 is 0 Å². The largest absolute Gasteiger partial charge is 0.497 e. The lowest BCUT2D eigenvalue weighted by molar-refractivity contribution is -0.137. The summed E-state index contributed by atoms with van der Waals surface area (Å²) >= 11 is 0. The Kier molecular flexibility index (Phi) is 5.81. The summed E-state index contributed by atoms with van der Waals surface area (Å²) in [4.78, 5) is 10.5. The molecule has 1 heterocycles. The van der Waals surface area contributed by atoms with E-state index in [0.717, 1.165) is 6.42 Å². The van der Waals surface area contributed by atoms with E-state index in [9.17, 15) is 13.2 Å². The molecule has 134 valence electrons. The quantitative estimate of drug-likeness (QED) is 0.486. The molecule has 0 bridgehead atoms. The molecule has 9 heteroatoms. The van der Waals surface area contributed by atoms with Gasteiger partial charge in [0.05, 0.1) is 12.0 Å². The molecule has 8 nitrogen and oxygen atoms in total. The van der Waals surface area contributed by atoms with Crippen molar-refractivity contribution in [1.82, 2.24) is 15.9 Å². The van der Waals surface area contributed by atoms with Crippen LogP contribution in [0.25, 0.3) is 0 Å². The van der Waals surface area contributed by atoms with Crippen molar-refractivity contribution in [3.05, 3.63) is 24.3 Å². The lowest BCUT2D eigenvalue weighted by Gasteiger charge is -2.35. The Bertz CT molecular complexity index is 677. The van der Waals surface area contributed by atoms with Gasteiger partial charge in [0, 0.05) is 13.1 Å². The van der Waals surface area contributed by atoms with Gasteiger partial charge < -0.3 is 4.74 Å². The first kappa shape index (κ1) is 18.7. The number of hydroxylamine groups is 1. The molecular formula is C15H23N3O5S. The second-order valence-electron chi connectivity index (χ2n) is 5.57. The van der Waals surface area contributed by atoms with Gasteiger partial charge in [-0.05, 0) is 43.5 Å². The first-order valence-corrected chi connectivity index (χ1v) is 9.26.